The number of carbonyl (C=O) groups excluding carboxylic acids is 1. The number of benzene rings is 1. The van der Waals surface area contributed by atoms with E-state index in [1.54, 1.807) is 4.52 Å². The van der Waals surface area contributed by atoms with Gasteiger partial charge < -0.3 is 20.5 Å². The minimum absolute atomic E-state index is 0.0121. The van der Waals surface area contributed by atoms with E-state index in [1.165, 1.54) is 11.8 Å². The van der Waals surface area contributed by atoms with Crippen LogP contribution in [0.1, 0.15) is 19.0 Å². The standard InChI is InChI=1S/C25H30N8O3S/c1-3-36-19-12-18(15-34)32(13-19)14-23(35)26-17-6-8-20(9-7-17)37-25-28-24(21-5-4-10-33(21)31-25)27-22-11-16(2)29-30-22/h4-11,18-19,34H,3,12-15H2,1-2H3,(H,26,35)(H2,27,28,29,30,31)/t18-,19-/m0/s1. The number of aryl methyl sites for hydroxylation is 1. The zero-order valence-electron chi connectivity index (χ0n) is 20.7. The van der Waals surface area contributed by atoms with Crippen molar-refractivity contribution in [3.8, 4) is 0 Å². The van der Waals surface area contributed by atoms with E-state index in [0.717, 1.165) is 22.5 Å². The van der Waals surface area contributed by atoms with Crippen LogP contribution in [0, 0.1) is 6.92 Å². The maximum Gasteiger partial charge on any atom is 0.238 e. The van der Waals surface area contributed by atoms with E-state index in [2.05, 4.69) is 25.9 Å². The lowest BCUT2D eigenvalue weighted by molar-refractivity contribution is -0.117. The summed E-state index contributed by atoms with van der Waals surface area (Å²) in [6.45, 7) is 5.38. The van der Waals surface area contributed by atoms with Gasteiger partial charge in [0, 0.05) is 47.7 Å². The molecule has 3 aromatic heterocycles. The molecule has 0 saturated carbocycles. The molecule has 1 fully saturated rings. The predicted molar refractivity (Wildman–Crippen MR) is 141 cm³/mol. The first-order valence-electron chi connectivity index (χ1n) is 12.2. The van der Waals surface area contributed by atoms with Crippen LogP contribution in [-0.4, -0.2) is 79.2 Å². The first-order chi connectivity index (χ1) is 18.0. The Morgan fingerprint density at radius 3 is 2.86 bits per heavy atom. The topological polar surface area (TPSA) is 133 Å². The number of nitrogens with zero attached hydrogens (tertiary/aromatic N) is 5. The molecule has 2 atom stereocenters. The molecule has 1 aliphatic heterocycles. The number of aliphatic hydroxyl groups excluding tert-OH is 1. The first-order valence-corrected chi connectivity index (χ1v) is 13.0. The minimum atomic E-state index is -0.123. The van der Waals surface area contributed by atoms with Crippen molar-refractivity contribution >= 4 is 40.5 Å². The van der Waals surface area contributed by atoms with Crippen LogP contribution in [0.5, 0.6) is 0 Å². The lowest BCUT2D eigenvalue weighted by Gasteiger charge is -2.21. The number of rotatable bonds is 10. The van der Waals surface area contributed by atoms with Crippen molar-refractivity contribution in [2.45, 2.75) is 42.5 Å². The van der Waals surface area contributed by atoms with Crippen LogP contribution in [0.4, 0.5) is 17.3 Å². The normalized spacial score (nSPS) is 17.9. The van der Waals surface area contributed by atoms with Gasteiger partial charge in [-0.1, -0.05) is 0 Å². The Balaban J connectivity index is 1.22. The molecular formula is C25H30N8O3S. The Kier molecular flexibility index (Phi) is 7.70. The van der Waals surface area contributed by atoms with Crippen molar-refractivity contribution in [2.75, 3.05) is 36.9 Å². The summed E-state index contributed by atoms with van der Waals surface area (Å²) in [5.74, 6) is 1.22. The number of H-pyrrole nitrogens is 1. The average molecular weight is 523 g/mol. The number of hydrogen-bond acceptors (Lipinski definition) is 9. The Labute approximate surface area is 218 Å². The van der Waals surface area contributed by atoms with Crippen molar-refractivity contribution in [2.24, 2.45) is 0 Å². The second-order valence-electron chi connectivity index (χ2n) is 8.90. The lowest BCUT2D eigenvalue weighted by atomic mass is 10.2. The van der Waals surface area contributed by atoms with Crippen molar-refractivity contribution in [1.29, 1.82) is 0 Å². The largest absolute Gasteiger partial charge is 0.395 e. The fourth-order valence-electron chi connectivity index (χ4n) is 4.43. The van der Waals surface area contributed by atoms with Gasteiger partial charge in [0.15, 0.2) is 11.6 Å². The van der Waals surface area contributed by atoms with Crippen LogP contribution in [0.25, 0.3) is 5.52 Å². The van der Waals surface area contributed by atoms with Gasteiger partial charge in [-0.3, -0.25) is 14.8 Å². The van der Waals surface area contributed by atoms with Gasteiger partial charge in [-0.05, 0) is 68.4 Å². The first kappa shape index (κ1) is 25.2. The van der Waals surface area contributed by atoms with E-state index in [4.69, 9.17) is 9.72 Å². The molecule has 4 heterocycles. The number of amides is 1. The summed E-state index contributed by atoms with van der Waals surface area (Å²) in [7, 11) is 0. The van der Waals surface area contributed by atoms with E-state index >= 15 is 0 Å². The molecule has 12 heteroatoms. The highest BCUT2D eigenvalue weighted by Crippen LogP contribution is 2.29. The van der Waals surface area contributed by atoms with Gasteiger partial charge in [-0.2, -0.15) is 5.10 Å². The fourth-order valence-corrected chi connectivity index (χ4v) is 5.18. The van der Waals surface area contributed by atoms with E-state index < -0.39 is 0 Å². The van der Waals surface area contributed by atoms with Crippen LogP contribution in [0.2, 0.25) is 0 Å². The molecule has 1 amide bonds. The fraction of sp³-hybridized carbons (Fsp3) is 0.360. The molecular weight excluding hydrogens is 492 g/mol. The molecule has 4 N–H and O–H groups in total. The second kappa shape index (κ2) is 11.3. The molecule has 0 radical (unpaired) electrons. The molecule has 4 aromatic rings. The molecule has 11 nitrogen and oxygen atoms in total. The molecule has 1 aromatic carbocycles. The molecule has 0 bridgehead atoms. The van der Waals surface area contributed by atoms with Crippen LogP contribution < -0.4 is 10.6 Å². The van der Waals surface area contributed by atoms with Crippen LogP contribution in [-0.2, 0) is 9.53 Å². The monoisotopic (exact) mass is 522 g/mol. The van der Waals surface area contributed by atoms with Gasteiger partial charge in [0.2, 0.25) is 11.1 Å². The highest BCUT2D eigenvalue weighted by Gasteiger charge is 2.33. The van der Waals surface area contributed by atoms with E-state index in [0.29, 0.717) is 35.6 Å². The highest BCUT2D eigenvalue weighted by atomic mass is 32.2. The van der Waals surface area contributed by atoms with Crippen molar-refractivity contribution in [3.05, 3.63) is 54.4 Å². The van der Waals surface area contributed by atoms with Gasteiger partial charge in [-0.15, -0.1) is 5.10 Å². The minimum Gasteiger partial charge on any atom is -0.395 e. The summed E-state index contributed by atoms with van der Waals surface area (Å²) in [6.07, 6.45) is 2.66. The highest BCUT2D eigenvalue weighted by molar-refractivity contribution is 7.99. The number of carbonyl (C=O) groups is 1. The molecule has 5 rings (SSSR count). The Hall–Kier alpha value is -3.45. The maximum absolute atomic E-state index is 12.6. The third kappa shape index (κ3) is 6.10. The third-order valence-corrected chi connectivity index (χ3v) is 6.98. The molecule has 194 valence electrons. The van der Waals surface area contributed by atoms with Crippen molar-refractivity contribution in [1.82, 2.24) is 29.7 Å². The van der Waals surface area contributed by atoms with Gasteiger partial charge in [-0.25, -0.2) is 9.50 Å². The number of hydrogen-bond donors (Lipinski definition) is 4. The average Bonchev–Trinajstić information content (AvgIpc) is 3.61. The molecule has 1 aliphatic rings. The third-order valence-electron chi connectivity index (χ3n) is 6.12. The summed E-state index contributed by atoms with van der Waals surface area (Å²) in [4.78, 5) is 20.2. The Morgan fingerprint density at radius 2 is 2.14 bits per heavy atom. The number of aromatic amines is 1. The van der Waals surface area contributed by atoms with Crippen LogP contribution in [0.15, 0.2) is 58.7 Å². The summed E-state index contributed by atoms with van der Waals surface area (Å²) in [5.41, 5.74) is 2.50. The summed E-state index contributed by atoms with van der Waals surface area (Å²) in [5, 5.41) is 28.2. The second-order valence-corrected chi connectivity index (χ2v) is 9.94. The molecule has 0 spiro atoms. The number of likely N-dealkylation sites (tertiary alicyclic amines) is 1. The zero-order chi connectivity index (χ0) is 25.8. The Bertz CT molecular complexity index is 1360. The van der Waals surface area contributed by atoms with Crippen molar-refractivity contribution in [3.63, 3.8) is 0 Å². The van der Waals surface area contributed by atoms with E-state index in [-0.39, 0.29) is 31.2 Å². The predicted octanol–water partition coefficient (Wildman–Crippen LogP) is 3.07. The zero-order valence-corrected chi connectivity index (χ0v) is 21.5. The Morgan fingerprint density at radius 1 is 1.30 bits per heavy atom. The quantitative estimate of drug-likeness (QED) is 0.248. The number of ether oxygens (including phenoxy) is 1. The maximum atomic E-state index is 12.6. The van der Waals surface area contributed by atoms with E-state index in [1.807, 2.05) is 67.4 Å². The van der Waals surface area contributed by atoms with Crippen LogP contribution >= 0.6 is 11.8 Å². The molecule has 37 heavy (non-hydrogen) atoms. The summed E-state index contributed by atoms with van der Waals surface area (Å²) < 4.78 is 7.45. The van der Waals surface area contributed by atoms with Crippen molar-refractivity contribution < 1.29 is 14.6 Å². The van der Waals surface area contributed by atoms with Gasteiger partial charge in [0.05, 0.1) is 19.3 Å². The number of nitrogens with one attached hydrogen (secondary N) is 3. The summed E-state index contributed by atoms with van der Waals surface area (Å²) in [6, 6.07) is 13.3. The smallest absolute Gasteiger partial charge is 0.238 e. The lowest BCUT2D eigenvalue weighted by Crippen LogP contribution is -2.38. The van der Waals surface area contributed by atoms with Gasteiger partial charge in [0.25, 0.3) is 0 Å². The number of aliphatic hydroxyl groups is 1. The summed E-state index contributed by atoms with van der Waals surface area (Å²) >= 11 is 1.42. The SMILES string of the molecule is CCO[C@H]1C[C@@H](CO)N(CC(=O)Nc2ccc(Sc3nc(Nc4cc(C)[nH]n4)c4cccn4n3)cc2)C1. The van der Waals surface area contributed by atoms with Gasteiger partial charge in [0.1, 0.15) is 5.52 Å². The molecule has 1 saturated heterocycles. The van der Waals surface area contributed by atoms with Crippen LogP contribution in [0.3, 0.4) is 0 Å². The molecule has 0 aliphatic carbocycles. The van der Waals surface area contributed by atoms with Gasteiger partial charge >= 0.3 is 0 Å². The molecule has 0 unspecified atom stereocenters. The number of fused-ring (bicyclic) bond motifs is 1. The van der Waals surface area contributed by atoms with E-state index in [9.17, 15) is 9.90 Å². The number of anilines is 3. The number of aromatic nitrogens is 5.